The molecule has 0 bridgehead atoms. The molecule has 3 heteroatoms. The van der Waals surface area contributed by atoms with Crippen molar-refractivity contribution in [3.8, 4) is 6.07 Å². The van der Waals surface area contributed by atoms with Crippen LogP contribution in [0.5, 0.6) is 0 Å². The van der Waals surface area contributed by atoms with Crippen LogP contribution in [0.15, 0.2) is 24.3 Å². The molecule has 1 saturated carbocycles. The number of halogens is 1. The molecule has 0 spiro atoms. The van der Waals surface area contributed by atoms with Gasteiger partial charge in [0.1, 0.15) is 11.4 Å². The number of nitriles is 1. The molecule has 1 fully saturated rings. The van der Waals surface area contributed by atoms with Gasteiger partial charge in [-0.15, -0.1) is 0 Å². The van der Waals surface area contributed by atoms with Crippen LogP contribution in [0.3, 0.4) is 0 Å². The van der Waals surface area contributed by atoms with Crippen LogP contribution < -0.4 is 5.32 Å². The molecule has 0 heterocycles. The number of hydrogen-bond donors (Lipinski definition) is 1. The lowest BCUT2D eigenvalue weighted by Crippen LogP contribution is -2.41. The van der Waals surface area contributed by atoms with Gasteiger partial charge >= 0.3 is 0 Å². The lowest BCUT2D eigenvalue weighted by Gasteiger charge is -2.31. The third-order valence-electron chi connectivity index (χ3n) is 3.69. The fourth-order valence-electron chi connectivity index (χ4n) is 1.83. The van der Waals surface area contributed by atoms with Gasteiger partial charge in [0.25, 0.3) is 0 Å². The number of nitrogens with zero attached hydrogens (tertiary/aromatic N) is 1. The Labute approximate surface area is 95.1 Å². The number of para-hydroxylation sites is 1. The zero-order valence-corrected chi connectivity index (χ0v) is 9.55. The van der Waals surface area contributed by atoms with Crippen LogP contribution in [0, 0.1) is 22.6 Å². The second-order valence-electron chi connectivity index (χ2n) is 4.90. The van der Waals surface area contributed by atoms with Crippen molar-refractivity contribution in [1.82, 2.24) is 0 Å². The zero-order valence-electron chi connectivity index (χ0n) is 9.55. The summed E-state index contributed by atoms with van der Waals surface area (Å²) in [5.74, 6) is -0.312. The van der Waals surface area contributed by atoms with Crippen LogP contribution in [-0.4, -0.2) is 5.54 Å². The number of hydrogen-bond acceptors (Lipinski definition) is 2. The normalized spacial score (nSPS) is 20.6. The summed E-state index contributed by atoms with van der Waals surface area (Å²) in [5.41, 5.74) is -0.334. The molecule has 84 valence electrons. The van der Waals surface area contributed by atoms with Crippen LogP contribution in [0.4, 0.5) is 10.1 Å². The standard InChI is InChI=1S/C13H15FN2/c1-12(7-8-12)13(2,9-15)16-11-6-4-3-5-10(11)14/h3-6,16H,7-8H2,1-2H3. The summed E-state index contributed by atoms with van der Waals surface area (Å²) in [6.07, 6.45) is 2.02. The molecule has 1 unspecified atom stereocenters. The molecule has 1 aromatic carbocycles. The highest BCUT2D eigenvalue weighted by Crippen LogP contribution is 2.54. The van der Waals surface area contributed by atoms with E-state index in [0.29, 0.717) is 5.69 Å². The van der Waals surface area contributed by atoms with Crippen LogP contribution in [0.2, 0.25) is 0 Å². The first-order valence-corrected chi connectivity index (χ1v) is 5.45. The maximum Gasteiger partial charge on any atom is 0.146 e. The summed E-state index contributed by atoms with van der Waals surface area (Å²) >= 11 is 0. The van der Waals surface area contributed by atoms with Gasteiger partial charge in [-0.05, 0) is 31.9 Å². The lowest BCUT2D eigenvalue weighted by atomic mass is 9.85. The van der Waals surface area contributed by atoms with E-state index in [9.17, 15) is 9.65 Å². The van der Waals surface area contributed by atoms with Gasteiger partial charge in [0.2, 0.25) is 0 Å². The van der Waals surface area contributed by atoms with E-state index in [-0.39, 0.29) is 11.2 Å². The highest BCUT2D eigenvalue weighted by Gasteiger charge is 2.54. The van der Waals surface area contributed by atoms with E-state index in [1.807, 2.05) is 6.92 Å². The minimum Gasteiger partial charge on any atom is -0.365 e. The molecular weight excluding hydrogens is 203 g/mol. The Morgan fingerprint density at radius 2 is 2.06 bits per heavy atom. The summed E-state index contributed by atoms with van der Waals surface area (Å²) in [7, 11) is 0. The van der Waals surface area contributed by atoms with Crippen molar-refractivity contribution < 1.29 is 4.39 Å². The second-order valence-corrected chi connectivity index (χ2v) is 4.90. The third kappa shape index (κ3) is 1.65. The average Bonchev–Trinajstić information content (AvgIpc) is 3.01. The molecule has 0 aliphatic heterocycles. The van der Waals surface area contributed by atoms with Crippen molar-refractivity contribution >= 4 is 5.69 Å². The smallest absolute Gasteiger partial charge is 0.146 e. The quantitative estimate of drug-likeness (QED) is 0.844. The zero-order chi connectivity index (χ0) is 11.8. The predicted molar refractivity (Wildman–Crippen MR) is 61.4 cm³/mol. The first-order valence-electron chi connectivity index (χ1n) is 5.45. The maximum absolute atomic E-state index is 13.5. The Kier molecular flexibility index (Phi) is 2.38. The molecule has 1 N–H and O–H groups in total. The van der Waals surface area contributed by atoms with Gasteiger partial charge in [-0.3, -0.25) is 0 Å². The average molecular weight is 218 g/mol. The molecule has 0 amide bonds. The van der Waals surface area contributed by atoms with Crippen molar-refractivity contribution in [2.24, 2.45) is 5.41 Å². The van der Waals surface area contributed by atoms with Gasteiger partial charge in [-0.25, -0.2) is 4.39 Å². The summed E-state index contributed by atoms with van der Waals surface area (Å²) in [5, 5.41) is 12.3. The third-order valence-corrected chi connectivity index (χ3v) is 3.69. The maximum atomic E-state index is 13.5. The molecular formula is C13H15FN2. The monoisotopic (exact) mass is 218 g/mol. The van der Waals surface area contributed by atoms with E-state index in [1.54, 1.807) is 18.2 Å². The van der Waals surface area contributed by atoms with Crippen LogP contribution in [-0.2, 0) is 0 Å². The highest BCUT2D eigenvalue weighted by atomic mass is 19.1. The topological polar surface area (TPSA) is 35.8 Å². The second kappa shape index (κ2) is 3.48. The summed E-state index contributed by atoms with van der Waals surface area (Å²) in [6, 6.07) is 8.74. The molecule has 1 aliphatic carbocycles. The van der Waals surface area contributed by atoms with Gasteiger partial charge in [-0.2, -0.15) is 5.26 Å². The molecule has 1 aliphatic rings. The Bertz CT molecular complexity index is 445. The van der Waals surface area contributed by atoms with Gasteiger partial charge < -0.3 is 5.32 Å². The van der Waals surface area contributed by atoms with E-state index < -0.39 is 5.54 Å². The molecule has 1 aromatic rings. The first kappa shape index (κ1) is 10.9. The number of benzene rings is 1. The van der Waals surface area contributed by atoms with Crippen molar-refractivity contribution in [2.45, 2.75) is 32.2 Å². The summed E-state index contributed by atoms with van der Waals surface area (Å²) in [6.45, 7) is 3.90. The van der Waals surface area contributed by atoms with Gasteiger partial charge in [0.15, 0.2) is 0 Å². The van der Waals surface area contributed by atoms with Crippen molar-refractivity contribution in [2.75, 3.05) is 5.32 Å². The van der Waals surface area contributed by atoms with Crippen LogP contribution in [0.1, 0.15) is 26.7 Å². The molecule has 2 rings (SSSR count). The Hall–Kier alpha value is -1.56. The summed E-state index contributed by atoms with van der Waals surface area (Å²) < 4.78 is 13.5. The Balaban J connectivity index is 2.27. The van der Waals surface area contributed by atoms with Crippen LogP contribution >= 0.6 is 0 Å². The fourth-order valence-corrected chi connectivity index (χ4v) is 1.83. The molecule has 1 atom stereocenters. The van der Waals surface area contributed by atoms with E-state index in [2.05, 4.69) is 18.3 Å². The van der Waals surface area contributed by atoms with E-state index in [1.165, 1.54) is 6.07 Å². The van der Waals surface area contributed by atoms with E-state index in [0.717, 1.165) is 12.8 Å². The Morgan fingerprint density at radius 1 is 1.44 bits per heavy atom. The SMILES string of the molecule is CC1(C(C)(C#N)Nc2ccccc2F)CC1. The van der Waals surface area contributed by atoms with E-state index >= 15 is 0 Å². The van der Waals surface area contributed by atoms with E-state index in [4.69, 9.17) is 0 Å². The minimum absolute atomic E-state index is 0.0377. The summed E-state index contributed by atoms with van der Waals surface area (Å²) in [4.78, 5) is 0. The number of nitrogens with one attached hydrogen (secondary N) is 1. The lowest BCUT2D eigenvalue weighted by molar-refractivity contribution is 0.403. The largest absolute Gasteiger partial charge is 0.365 e. The molecule has 0 aromatic heterocycles. The van der Waals surface area contributed by atoms with Crippen molar-refractivity contribution in [3.63, 3.8) is 0 Å². The molecule has 0 saturated heterocycles. The van der Waals surface area contributed by atoms with Gasteiger partial charge in [0.05, 0.1) is 11.8 Å². The predicted octanol–water partition coefficient (Wildman–Crippen LogP) is 3.32. The molecule has 16 heavy (non-hydrogen) atoms. The Morgan fingerprint density at radius 3 is 2.56 bits per heavy atom. The minimum atomic E-state index is -0.699. The molecule has 2 nitrogen and oxygen atoms in total. The van der Waals surface area contributed by atoms with Gasteiger partial charge in [0, 0.05) is 5.41 Å². The molecule has 0 radical (unpaired) electrons. The van der Waals surface area contributed by atoms with Gasteiger partial charge in [-0.1, -0.05) is 19.1 Å². The fraction of sp³-hybridized carbons (Fsp3) is 0.462. The van der Waals surface area contributed by atoms with Crippen LogP contribution in [0.25, 0.3) is 0 Å². The highest BCUT2D eigenvalue weighted by molar-refractivity contribution is 5.50. The van der Waals surface area contributed by atoms with Crippen molar-refractivity contribution in [3.05, 3.63) is 30.1 Å². The number of rotatable bonds is 3. The number of anilines is 1. The van der Waals surface area contributed by atoms with Crippen molar-refractivity contribution in [1.29, 1.82) is 5.26 Å². The first-order chi connectivity index (χ1) is 7.51.